The quantitative estimate of drug-likeness (QED) is 0.185. The Hall–Kier alpha value is -6.27. The van der Waals surface area contributed by atoms with Gasteiger partial charge in [0.05, 0.1) is 33.1 Å². The highest BCUT2D eigenvalue weighted by molar-refractivity contribution is 6.26. The number of rotatable bonds is 5. The molecule has 0 fully saturated rings. The van der Waals surface area contributed by atoms with Gasteiger partial charge < -0.3 is 9.13 Å². The number of nitrogens with zero attached hydrogens (tertiary/aromatic N) is 6. The Morgan fingerprint density at radius 3 is 1.53 bits per heavy atom. The van der Waals surface area contributed by atoms with Gasteiger partial charge in [-0.15, -0.1) is 0 Å². The summed E-state index contributed by atoms with van der Waals surface area (Å²) in [6.45, 7) is 8.77. The van der Waals surface area contributed by atoms with E-state index in [0.717, 1.165) is 52.4 Å². The minimum atomic E-state index is 0.674. The van der Waals surface area contributed by atoms with Crippen LogP contribution < -0.4 is 0 Å². The molecule has 0 saturated heterocycles. The van der Waals surface area contributed by atoms with Crippen LogP contribution in [0.1, 0.15) is 36.6 Å². The van der Waals surface area contributed by atoms with Gasteiger partial charge in [0.15, 0.2) is 0 Å². The Morgan fingerprint density at radius 1 is 0.431 bits per heavy atom. The summed E-state index contributed by atoms with van der Waals surface area (Å²) < 4.78 is 7.15. The summed E-state index contributed by atoms with van der Waals surface area (Å²) in [6, 6.07) is 43.9. The van der Waals surface area contributed by atoms with E-state index >= 15 is 0 Å². The van der Waals surface area contributed by atoms with Crippen LogP contribution in [0.3, 0.4) is 0 Å². The van der Waals surface area contributed by atoms with Crippen LogP contribution in [0.5, 0.6) is 0 Å². The highest BCUT2D eigenvalue weighted by Crippen LogP contribution is 2.45. The maximum absolute atomic E-state index is 5.09. The van der Waals surface area contributed by atoms with Crippen LogP contribution >= 0.6 is 0 Å². The van der Waals surface area contributed by atoms with Gasteiger partial charge in [-0.25, -0.2) is 4.98 Å². The fourth-order valence-electron chi connectivity index (χ4n) is 8.36. The van der Waals surface area contributed by atoms with Crippen molar-refractivity contribution in [2.24, 2.45) is 0 Å². The summed E-state index contributed by atoms with van der Waals surface area (Å²) in [5, 5.41) is 7.37. The third kappa shape index (κ3) is 4.13. The van der Waals surface area contributed by atoms with Crippen LogP contribution in [0.15, 0.2) is 121 Å². The molecule has 0 radical (unpaired) electrons. The van der Waals surface area contributed by atoms with E-state index in [0.29, 0.717) is 5.95 Å². The summed E-state index contributed by atoms with van der Waals surface area (Å²) in [5.41, 5.74) is 11.8. The van der Waals surface area contributed by atoms with Crippen LogP contribution in [0.25, 0.3) is 82.7 Å². The van der Waals surface area contributed by atoms with Gasteiger partial charge in [-0.3, -0.25) is 4.57 Å². The first kappa shape index (κ1) is 29.6. The predicted octanol–water partition coefficient (Wildman–Crippen LogP) is 10.9. The lowest BCUT2D eigenvalue weighted by Crippen LogP contribution is -2.10. The highest BCUT2D eigenvalue weighted by Gasteiger charge is 2.26. The lowest BCUT2D eigenvalue weighted by Gasteiger charge is -2.15. The van der Waals surface area contributed by atoms with Gasteiger partial charge in [0.25, 0.3) is 0 Å². The highest BCUT2D eigenvalue weighted by atomic mass is 15.2. The molecule has 0 amide bonds. The molecule has 0 aliphatic rings. The smallest absolute Gasteiger partial charge is 0.238 e. The van der Waals surface area contributed by atoms with Crippen molar-refractivity contribution in [2.75, 3.05) is 0 Å². The number of hydrogen-bond donors (Lipinski definition) is 0. The fourth-order valence-corrected chi connectivity index (χ4v) is 8.36. The number of para-hydroxylation sites is 4. The van der Waals surface area contributed by atoms with E-state index in [-0.39, 0.29) is 0 Å². The molecular weight excluding hydrogens is 625 g/mol. The number of benzene rings is 6. The zero-order chi connectivity index (χ0) is 34.4. The second-order valence-corrected chi connectivity index (χ2v) is 13.5. The molecule has 0 atom stereocenters. The molecule has 0 N–H and O–H groups in total. The lowest BCUT2D eigenvalue weighted by molar-refractivity contribution is 0.795. The molecule has 6 aromatic carbocycles. The van der Waals surface area contributed by atoms with Crippen molar-refractivity contribution in [3.05, 3.63) is 144 Å². The van der Waals surface area contributed by atoms with Gasteiger partial charge in [-0.1, -0.05) is 86.6 Å². The number of aromatic nitrogens is 6. The van der Waals surface area contributed by atoms with Crippen LogP contribution in [0.4, 0.5) is 0 Å². The van der Waals surface area contributed by atoms with Crippen molar-refractivity contribution in [1.29, 1.82) is 0 Å². The fraction of sp³-hybridized carbons (Fsp3) is 0.133. The Balaban J connectivity index is 1.40. The van der Waals surface area contributed by atoms with E-state index in [2.05, 4.69) is 163 Å². The SMILES string of the molecule is CCc1nc(CC)nc(-n2c3ccccc3c3c(C)c(C)c4c5ccccc5n(-c5ccc6c(c5)c5ccccc5n6-c5ccccc5)c4c32)n1. The standard InChI is InChI=1S/C45H36N6/c1-5-39-46-40(6-2)48-45(47-39)51-37-23-15-12-20-33(37)42-28(4)27(3)41-32-19-11-14-22-36(32)50(43(41)44(42)51)30-24-25-38-34(26-30)31-18-10-13-21-35(31)49(38)29-16-8-7-9-17-29/h7-26H,5-6H2,1-4H3. The molecule has 0 spiro atoms. The monoisotopic (exact) mass is 660 g/mol. The van der Waals surface area contributed by atoms with E-state index < -0.39 is 0 Å². The molecule has 0 unspecified atom stereocenters. The van der Waals surface area contributed by atoms with E-state index in [1.54, 1.807) is 0 Å². The topological polar surface area (TPSA) is 53.5 Å². The molecule has 10 rings (SSSR count). The maximum atomic E-state index is 5.09. The van der Waals surface area contributed by atoms with Crippen molar-refractivity contribution in [2.45, 2.75) is 40.5 Å². The Morgan fingerprint density at radius 2 is 0.922 bits per heavy atom. The van der Waals surface area contributed by atoms with E-state index in [4.69, 9.17) is 15.0 Å². The van der Waals surface area contributed by atoms with Crippen LogP contribution in [-0.4, -0.2) is 28.7 Å². The zero-order valence-electron chi connectivity index (χ0n) is 29.1. The zero-order valence-corrected chi connectivity index (χ0v) is 29.1. The predicted molar refractivity (Wildman–Crippen MR) is 211 cm³/mol. The Kier molecular flexibility index (Phi) is 6.46. The van der Waals surface area contributed by atoms with Crippen LogP contribution in [0, 0.1) is 13.8 Å². The van der Waals surface area contributed by atoms with Crippen LogP contribution in [-0.2, 0) is 12.8 Å². The molecule has 0 aliphatic heterocycles. The summed E-state index contributed by atoms with van der Waals surface area (Å²) in [6.07, 6.45) is 1.48. The Bertz CT molecular complexity index is 2990. The maximum Gasteiger partial charge on any atom is 0.238 e. The molecular formula is C45H36N6. The molecule has 0 bridgehead atoms. The van der Waals surface area contributed by atoms with Crippen molar-refractivity contribution in [3.63, 3.8) is 0 Å². The molecule has 4 heterocycles. The second kappa shape index (κ2) is 11.1. The molecule has 6 nitrogen and oxygen atoms in total. The third-order valence-corrected chi connectivity index (χ3v) is 10.8. The molecule has 0 saturated carbocycles. The van der Waals surface area contributed by atoms with Crippen molar-refractivity contribution >= 4 is 65.4 Å². The Labute approximate surface area is 295 Å². The lowest BCUT2D eigenvalue weighted by atomic mass is 9.97. The third-order valence-electron chi connectivity index (χ3n) is 10.8. The van der Waals surface area contributed by atoms with Gasteiger partial charge in [0.2, 0.25) is 5.95 Å². The van der Waals surface area contributed by atoms with Crippen molar-refractivity contribution in [3.8, 4) is 17.3 Å². The minimum Gasteiger partial charge on any atom is -0.309 e. The first-order valence-corrected chi connectivity index (χ1v) is 17.9. The minimum absolute atomic E-state index is 0.674. The molecule has 6 heteroatoms. The number of aryl methyl sites for hydroxylation is 4. The second-order valence-electron chi connectivity index (χ2n) is 13.5. The first-order chi connectivity index (χ1) is 25.1. The molecule has 246 valence electrons. The average Bonchev–Trinajstić information content (AvgIpc) is 3.83. The molecule has 4 aromatic heterocycles. The van der Waals surface area contributed by atoms with Crippen molar-refractivity contribution < 1.29 is 0 Å². The van der Waals surface area contributed by atoms with Crippen molar-refractivity contribution in [1.82, 2.24) is 28.7 Å². The number of hydrogen-bond acceptors (Lipinski definition) is 3. The summed E-state index contributed by atoms with van der Waals surface area (Å²) >= 11 is 0. The van der Waals surface area contributed by atoms with E-state index in [1.165, 1.54) is 60.0 Å². The van der Waals surface area contributed by atoms with Gasteiger partial charge in [-0.2, -0.15) is 9.97 Å². The average molecular weight is 661 g/mol. The first-order valence-electron chi connectivity index (χ1n) is 17.9. The summed E-state index contributed by atoms with van der Waals surface area (Å²) in [5.74, 6) is 2.29. The van der Waals surface area contributed by atoms with Gasteiger partial charge >= 0.3 is 0 Å². The normalized spacial score (nSPS) is 12.1. The van der Waals surface area contributed by atoms with E-state index in [1.807, 2.05) is 0 Å². The molecule has 10 aromatic rings. The van der Waals surface area contributed by atoms with Gasteiger partial charge in [0.1, 0.15) is 11.6 Å². The largest absolute Gasteiger partial charge is 0.309 e. The summed E-state index contributed by atoms with van der Waals surface area (Å²) in [4.78, 5) is 15.0. The number of fused-ring (bicyclic) bond motifs is 10. The molecule has 0 aliphatic carbocycles. The van der Waals surface area contributed by atoms with Crippen LogP contribution in [0.2, 0.25) is 0 Å². The van der Waals surface area contributed by atoms with E-state index in [9.17, 15) is 0 Å². The van der Waals surface area contributed by atoms with Gasteiger partial charge in [0, 0.05) is 56.5 Å². The molecule has 51 heavy (non-hydrogen) atoms. The van der Waals surface area contributed by atoms with Gasteiger partial charge in [-0.05, 0) is 73.5 Å². The summed E-state index contributed by atoms with van der Waals surface area (Å²) in [7, 11) is 0.